The van der Waals surface area contributed by atoms with Gasteiger partial charge in [0.25, 0.3) is 0 Å². The first-order chi connectivity index (χ1) is 9.13. The zero-order valence-electron chi connectivity index (χ0n) is 11.2. The number of hydrogen-bond acceptors (Lipinski definition) is 2. The molecule has 4 heteroatoms. The minimum atomic E-state index is -0.851. The van der Waals surface area contributed by atoms with E-state index in [1.54, 1.807) is 6.07 Å². The van der Waals surface area contributed by atoms with E-state index in [-0.39, 0.29) is 0 Å². The SMILES string of the molecule is CCC1CCCCCN1c1ccc(Br)cc1C(=O)O. The summed E-state index contributed by atoms with van der Waals surface area (Å²) in [4.78, 5) is 13.7. The lowest BCUT2D eigenvalue weighted by Crippen LogP contribution is -2.35. The van der Waals surface area contributed by atoms with Crippen LogP contribution in [0.4, 0.5) is 5.69 Å². The van der Waals surface area contributed by atoms with Gasteiger partial charge in [0.1, 0.15) is 0 Å². The average molecular weight is 326 g/mol. The molecule has 1 saturated heterocycles. The van der Waals surface area contributed by atoms with Gasteiger partial charge in [-0.15, -0.1) is 0 Å². The predicted molar refractivity (Wildman–Crippen MR) is 81.0 cm³/mol. The molecule has 1 atom stereocenters. The van der Waals surface area contributed by atoms with E-state index in [2.05, 4.69) is 27.8 Å². The molecule has 104 valence electrons. The van der Waals surface area contributed by atoms with Crippen LogP contribution in [0.5, 0.6) is 0 Å². The van der Waals surface area contributed by atoms with E-state index in [4.69, 9.17) is 0 Å². The Bertz CT molecular complexity index is 461. The number of anilines is 1. The fraction of sp³-hybridized carbons (Fsp3) is 0.533. The van der Waals surface area contributed by atoms with Crippen LogP contribution in [0.15, 0.2) is 22.7 Å². The van der Waals surface area contributed by atoms with Gasteiger partial charge in [-0.1, -0.05) is 35.7 Å². The lowest BCUT2D eigenvalue weighted by Gasteiger charge is -2.32. The summed E-state index contributed by atoms with van der Waals surface area (Å²) in [7, 11) is 0. The van der Waals surface area contributed by atoms with Crippen molar-refractivity contribution >= 4 is 27.6 Å². The van der Waals surface area contributed by atoms with Crippen LogP contribution in [0.2, 0.25) is 0 Å². The van der Waals surface area contributed by atoms with Gasteiger partial charge in [0.15, 0.2) is 0 Å². The lowest BCUT2D eigenvalue weighted by atomic mass is 10.1. The molecule has 1 fully saturated rings. The van der Waals surface area contributed by atoms with Crippen LogP contribution in [-0.4, -0.2) is 23.7 Å². The van der Waals surface area contributed by atoms with Crippen LogP contribution < -0.4 is 4.90 Å². The van der Waals surface area contributed by atoms with Crippen LogP contribution in [-0.2, 0) is 0 Å². The van der Waals surface area contributed by atoms with Gasteiger partial charge < -0.3 is 10.0 Å². The Morgan fingerprint density at radius 3 is 2.89 bits per heavy atom. The Kier molecular flexibility index (Phi) is 4.86. The molecule has 19 heavy (non-hydrogen) atoms. The molecule has 0 bridgehead atoms. The highest BCUT2D eigenvalue weighted by Gasteiger charge is 2.23. The summed E-state index contributed by atoms with van der Waals surface area (Å²) < 4.78 is 0.816. The van der Waals surface area contributed by atoms with Crippen molar-refractivity contribution < 1.29 is 9.90 Å². The van der Waals surface area contributed by atoms with Crippen molar-refractivity contribution in [3.63, 3.8) is 0 Å². The first-order valence-corrected chi connectivity index (χ1v) is 7.72. The van der Waals surface area contributed by atoms with E-state index in [0.29, 0.717) is 11.6 Å². The molecular formula is C15H20BrNO2. The van der Waals surface area contributed by atoms with Gasteiger partial charge in [-0.25, -0.2) is 4.79 Å². The molecule has 1 aliphatic rings. The van der Waals surface area contributed by atoms with Crippen LogP contribution >= 0.6 is 15.9 Å². The fourth-order valence-corrected chi connectivity index (χ4v) is 3.21. The Morgan fingerprint density at radius 2 is 2.21 bits per heavy atom. The Hall–Kier alpha value is -1.03. The quantitative estimate of drug-likeness (QED) is 0.900. The molecule has 0 radical (unpaired) electrons. The summed E-state index contributed by atoms with van der Waals surface area (Å²) >= 11 is 3.35. The van der Waals surface area contributed by atoms with E-state index in [0.717, 1.165) is 36.0 Å². The van der Waals surface area contributed by atoms with Gasteiger partial charge >= 0.3 is 5.97 Å². The summed E-state index contributed by atoms with van der Waals surface area (Å²) in [5, 5.41) is 9.40. The van der Waals surface area contributed by atoms with Crippen molar-refractivity contribution in [3.05, 3.63) is 28.2 Å². The number of benzene rings is 1. The maximum Gasteiger partial charge on any atom is 0.337 e. The van der Waals surface area contributed by atoms with E-state index in [1.165, 1.54) is 12.8 Å². The smallest absolute Gasteiger partial charge is 0.337 e. The number of carbonyl (C=O) groups is 1. The van der Waals surface area contributed by atoms with E-state index in [9.17, 15) is 9.90 Å². The van der Waals surface area contributed by atoms with Crippen molar-refractivity contribution in [1.29, 1.82) is 0 Å². The molecule has 1 N–H and O–H groups in total. The molecule has 2 rings (SSSR count). The molecule has 0 amide bonds. The lowest BCUT2D eigenvalue weighted by molar-refractivity contribution is 0.0697. The Balaban J connectivity index is 2.40. The second-order valence-corrected chi connectivity index (χ2v) is 5.99. The Morgan fingerprint density at radius 1 is 1.42 bits per heavy atom. The molecular weight excluding hydrogens is 306 g/mol. The van der Waals surface area contributed by atoms with Gasteiger partial charge in [-0.05, 0) is 37.5 Å². The summed E-state index contributed by atoms with van der Waals surface area (Å²) in [6.45, 7) is 3.14. The molecule has 0 spiro atoms. The maximum atomic E-state index is 11.5. The highest BCUT2D eigenvalue weighted by molar-refractivity contribution is 9.10. The van der Waals surface area contributed by atoms with Gasteiger partial charge in [-0.3, -0.25) is 0 Å². The molecule has 1 heterocycles. The molecule has 0 aliphatic carbocycles. The number of halogens is 1. The normalized spacial score (nSPS) is 20.1. The first-order valence-electron chi connectivity index (χ1n) is 6.93. The zero-order valence-corrected chi connectivity index (χ0v) is 12.8. The third kappa shape index (κ3) is 3.30. The summed E-state index contributed by atoms with van der Waals surface area (Å²) in [6.07, 6.45) is 5.85. The third-order valence-electron chi connectivity index (χ3n) is 3.85. The summed E-state index contributed by atoms with van der Waals surface area (Å²) in [5.41, 5.74) is 1.26. The van der Waals surface area contributed by atoms with E-state index >= 15 is 0 Å². The predicted octanol–water partition coefficient (Wildman–Crippen LogP) is 4.31. The standard InChI is InChI=1S/C15H20BrNO2/c1-2-12-6-4-3-5-9-17(12)14-8-7-11(16)10-13(14)15(18)19/h7-8,10,12H,2-6,9H2,1H3,(H,18,19). The van der Waals surface area contributed by atoms with Gasteiger partial charge in [0.2, 0.25) is 0 Å². The van der Waals surface area contributed by atoms with Gasteiger partial charge in [-0.2, -0.15) is 0 Å². The molecule has 1 aromatic rings. The monoisotopic (exact) mass is 325 g/mol. The number of carboxylic acids is 1. The molecule has 1 unspecified atom stereocenters. The number of nitrogens with zero attached hydrogens (tertiary/aromatic N) is 1. The Labute approximate surface area is 122 Å². The molecule has 0 aromatic heterocycles. The average Bonchev–Trinajstić information content (AvgIpc) is 2.63. The highest BCUT2D eigenvalue weighted by Crippen LogP contribution is 2.30. The number of hydrogen-bond donors (Lipinski definition) is 1. The largest absolute Gasteiger partial charge is 0.478 e. The second kappa shape index (κ2) is 6.42. The first kappa shape index (κ1) is 14.4. The number of carboxylic acid groups (broad SMARTS) is 1. The molecule has 3 nitrogen and oxygen atoms in total. The van der Waals surface area contributed by atoms with Crippen molar-refractivity contribution in [2.45, 2.75) is 45.1 Å². The number of rotatable bonds is 3. The van der Waals surface area contributed by atoms with Crippen LogP contribution in [0, 0.1) is 0 Å². The summed E-state index contributed by atoms with van der Waals surface area (Å²) in [5.74, 6) is -0.851. The van der Waals surface area contributed by atoms with Crippen molar-refractivity contribution in [2.24, 2.45) is 0 Å². The van der Waals surface area contributed by atoms with Crippen LogP contribution in [0.1, 0.15) is 49.4 Å². The molecule has 1 aromatic carbocycles. The van der Waals surface area contributed by atoms with E-state index < -0.39 is 5.97 Å². The minimum Gasteiger partial charge on any atom is -0.478 e. The van der Waals surface area contributed by atoms with Crippen molar-refractivity contribution in [1.82, 2.24) is 0 Å². The van der Waals surface area contributed by atoms with Crippen LogP contribution in [0.25, 0.3) is 0 Å². The van der Waals surface area contributed by atoms with E-state index in [1.807, 2.05) is 12.1 Å². The topological polar surface area (TPSA) is 40.5 Å². The van der Waals surface area contributed by atoms with Gasteiger partial charge in [0.05, 0.1) is 11.3 Å². The second-order valence-electron chi connectivity index (χ2n) is 5.07. The van der Waals surface area contributed by atoms with Crippen molar-refractivity contribution in [3.8, 4) is 0 Å². The summed E-state index contributed by atoms with van der Waals surface area (Å²) in [6, 6.07) is 6.03. The van der Waals surface area contributed by atoms with Crippen molar-refractivity contribution in [2.75, 3.05) is 11.4 Å². The fourth-order valence-electron chi connectivity index (χ4n) is 2.85. The molecule has 0 saturated carbocycles. The number of aromatic carboxylic acids is 1. The van der Waals surface area contributed by atoms with Gasteiger partial charge in [0, 0.05) is 17.1 Å². The molecule has 1 aliphatic heterocycles. The highest BCUT2D eigenvalue weighted by atomic mass is 79.9. The minimum absolute atomic E-state index is 0.398. The maximum absolute atomic E-state index is 11.5. The zero-order chi connectivity index (χ0) is 13.8. The van der Waals surface area contributed by atoms with Crippen LogP contribution in [0.3, 0.4) is 0 Å². The third-order valence-corrected chi connectivity index (χ3v) is 4.34.